The minimum atomic E-state index is -2.07. The highest BCUT2D eigenvalue weighted by Gasteiger charge is 2.62. The van der Waals surface area contributed by atoms with Gasteiger partial charge in [0.1, 0.15) is 12.7 Å². The average Bonchev–Trinajstić information content (AvgIpc) is 3.20. The maximum Gasteiger partial charge on any atom is 0.338 e. The number of primary amides is 1. The van der Waals surface area contributed by atoms with E-state index in [2.05, 4.69) is 15.9 Å². The first-order valence-corrected chi connectivity index (χ1v) is 12.0. The fraction of sp³-hybridized carbons (Fsp3) is 0.185. The molecule has 4 atom stereocenters. The Kier molecular flexibility index (Phi) is 8.00. The van der Waals surface area contributed by atoms with Crippen LogP contribution in [0, 0.1) is 0 Å². The molecule has 0 saturated carbocycles. The van der Waals surface area contributed by atoms with Crippen molar-refractivity contribution in [2.45, 2.75) is 22.8 Å². The molecule has 0 radical (unpaired) electrons. The summed E-state index contributed by atoms with van der Waals surface area (Å²) in [5, 5.41) is 0. The minimum Gasteiger partial charge on any atom is -0.459 e. The summed E-state index contributed by atoms with van der Waals surface area (Å²) < 4.78 is 20.4. The monoisotopic (exact) mass is 567 g/mol. The van der Waals surface area contributed by atoms with Gasteiger partial charge in [-0.3, -0.25) is 4.79 Å². The summed E-state index contributed by atoms with van der Waals surface area (Å²) >= 11 is 3.15. The van der Waals surface area contributed by atoms with Gasteiger partial charge in [-0.05, 0) is 52.3 Å². The molecular weight excluding hydrogens is 546 g/mol. The van der Waals surface area contributed by atoms with Gasteiger partial charge in [0.05, 0.1) is 16.7 Å². The molecule has 1 saturated heterocycles. The lowest BCUT2D eigenvalue weighted by molar-refractivity contribution is -0.136. The molecule has 190 valence electrons. The molecule has 2 N–H and O–H groups in total. The third-order valence-corrected chi connectivity index (χ3v) is 6.60. The van der Waals surface area contributed by atoms with Crippen LogP contribution in [0.3, 0.4) is 0 Å². The molecule has 0 aromatic heterocycles. The first kappa shape index (κ1) is 26.1. The Bertz CT molecular complexity index is 1270. The van der Waals surface area contributed by atoms with Crippen molar-refractivity contribution in [3.63, 3.8) is 0 Å². The van der Waals surface area contributed by atoms with Crippen molar-refractivity contribution >= 4 is 39.7 Å². The second-order valence-corrected chi connectivity index (χ2v) is 9.24. The Morgan fingerprint density at radius 3 is 1.62 bits per heavy atom. The fourth-order valence-corrected chi connectivity index (χ4v) is 4.30. The Hall–Kier alpha value is -4.02. The van der Waals surface area contributed by atoms with E-state index in [9.17, 15) is 19.2 Å². The molecule has 0 aliphatic carbocycles. The summed E-state index contributed by atoms with van der Waals surface area (Å²) in [6, 6.07) is 24.3. The van der Waals surface area contributed by atoms with Crippen molar-refractivity contribution in [2.24, 2.45) is 5.73 Å². The lowest BCUT2D eigenvalue weighted by Gasteiger charge is -2.27. The number of benzene rings is 3. The van der Waals surface area contributed by atoms with Gasteiger partial charge in [-0.25, -0.2) is 14.4 Å². The van der Waals surface area contributed by atoms with Crippen LogP contribution in [-0.2, 0) is 23.7 Å². The number of nitrogens with two attached hydrogens (primary N) is 1. The normalized spacial score (nSPS) is 22.6. The Morgan fingerprint density at radius 2 is 1.16 bits per heavy atom. The quantitative estimate of drug-likeness (QED) is 0.249. The fourth-order valence-electron chi connectivity index (χ4n) is 3.71. The molecule has 4 rings (SSSR count). The van der Waals surface area contributed by atoms with E-state index >= 15 is 0 Å². The van der Waals surface area contributed by atoms with Crippen LogP contribution in [0.25, 0.3) is 0 Å². The zero-order valence-electron chi connectivity index (χ0n) is 19.3. The number of rotatable bonds is 8. The summed E-state index contributed by atoms with van der Waals surface area (Å²) in [7, 11) is 0. The van der Waals surface area contributed by atoms with E-state index in [1.807, 2.05) is 0 Å². The highest BCUT2D eigenvalue weighted by molar-refractivity contribution is 9.10. The zero-order valence-corrected chi connectivity index (χ0v) is 20.9. The summed E-state index contributed by atoms with van der Waals surface area (Å²) in [5.41, 5.74) is 6.28. The van der Waals surface area contributed by atoms with Gasteiger partial charge in [-0.1, -0.05) is 54.6 Å². The molecule has 9 nitrogen and oxygen atoms in total. The van der Waals surface area contributed by atoms with E-state index in [1.54, 1.807) is 66.7 Å². The zero-order chi connectivity index (χ0) is 26.4. The predicted octanol–water partition coefficient (Wildman–Crippen LogP) is 3.27. The van der Waals surface area contributed by atoms with Crippen LogP contribution in [0.15, 0.2) is 91.0 Å². The van der Waals surface area contributed by atoms with Crippen molar-refractivity contribution < 1.29 is 38.1 Å². The molecule has 1 aliphatic rings. The van der Waals surface area contributed by atoms with E-state index in [4.69, 9.17) is 24.7 Å². The van der Waals surface area contributed by atoms with Crippen LogP contribution in [0.2, 0.25) is 0 Å². The van der Waals surface area contributed by atoms with Gasteiger partial charge >= 0.3 is 17.9 Å². The topological polar surface area (TPSA) is 131 Å². The summed E-state index contributed by atoms with van der Waals surface area (Å²) in [6.45, 7) is -0.430. The van der Waals surface area contributed by atoms with Crippen LogP contribution in [0.1, 0.15) is 31.1 Å². The van der Waals surface area contributed by atoms with Crippen molar-refractivity contribution in [1.82, 2.24) is 0 Å². The molecule has 0 bridgehead atoms. The highest BCUT2D eigenvalue weighted by Crippen LogP contribution is 2.41. The maximum absolute atomic E-state index is 12.9. The van der Waals surface area contributed by atoms with E-state index in [0.717, 1.165) is 0 Å². The average molecular weight is 568 g/mol. The minimum absolute atomic E-state index is 0.189. The van der Waals surface area contributed by atoms with E-state index < -0.39 is 53.2 Å². The molecule has 1 amide bonds. The number of halogens is 1. The van der Waals surface area contributed by atoms with E-state index in [0.29, 0.717) is 0 Å². The summed E-state index contributed by atoms with van der Waals surface area (Å²) in [5.74, 6) is -3.27. The Balaban J connectivity index is 1.63. The Labute approximate surface area is 220 Å². The number of esters is 3. The molecule has 3 aromatic rings. The van der Waals surface area contributed by atoms with Crippen molar-refractivity contribution in [3.8, 4) is 0 Å². The summed E-state index contributed by atoms with van der Waals surface area (Å²) in [6.07, 6.45) is -4.08. The predicted molar refractivity (Wildman–Crippen MR) is 134 cm³/mol. The molecule has 37 heavy (non-hydrogen) atoms. The van der Waals surface area contributed by atoms with Crippen LogP contribution in [-0.4, -0.2) is 53.2 Å². The van der Waals surface area contributed by atoms with Crippen molar-refractivity contribution in [3.05, 3.63) is 108 Å². The Morgan fingerprint density at radius 1 is 0.730 bits per heavy atom. The van der Waals surface area contributed by atoms with Gasteiger partial charge in [0.2, 0.25) is 4.51 Å². The number of hydrogen-bond donors (Lipinski definition) is 1. The molecule has 1 heterocycles. The lowest BCUT2D eigenvalue weighted by Crippen LogP contribution is -2.51. The first-order chi connectivity index (χ1) is 17.8. The molecule has 10 heteroatoms. The third kappa shape index (κ3) is 5.87. The van der Waals surface area contributed by atoms with Gasteiger partial charge in [-0.15, -0.1) is 0 Å². The first-order valence-electron chi connectivity index (χ1n) is 11.2. The number of carbonyl (C=O) groups excluding carboxylic acids is 4. The number of carbonyl (C=O) groups is 4. The molecule has 3 aromatic carbocycles. The van der Waals surface area contributed by atoms with Crippen LogP contribution >= 0.6 is 15.9 Å². The SMILES string of the molecule is NC(=O)[C@]1(Br)O[C@H](COC(=O)c2ccccc2)[C@@H](OC(=O)c2ccccc2)[C@H]1OC(=O)c1ccccc1. The number of hydrogen-bond acceptors (Lipinski definition) is 8. The molecule has 1 fully saturated rings. The second-order valence-electron chi connectivity index (χ2n) is 8.06. The number of amides is 1. The van der Waals surface area contributed by atoms with Gasteiger partial charge < -0.3 is 24.7 Å². The summed E-state index contributed by atoms with van der Waals surface area (Å²) in [4.78, 5) is 50.8. The highest BCUT2D eigenvalue weighted by atomic mass is 79.9. The van der Waals surface area contributed by atoms with Gasteiger partial charge in [-0.2, -0.15) is 0 Å². The van der Waals surface area contributed by atoms with Crippen LogP contribution in [0.4, 0.5) is 0 Å². The van der Waals surface area contributed by atoms with Crippen molar-refractivity contribution in [1.29, 1.82) is 0 Å². The lowest BCUT2D eigenvalue weighted by atomic mass is 10.1. The van der Waals surface area contributed by atoms with Crippen LogP contribution in [0.5, 0.6) is 0 Å². The molecular formula is C27H22BrNO8. The third-order valence-electron chi connectivity index (χ3n) is 5.57. The maximum atomic E-state index is 12.9. The van der Waals surface area contributed by atoms with Gasteiger partial charge in [0, 0.05) is 0 Å². The largest absolute Gasteiger partial charge is 0.459 e. The second kappa shape index (κ2) is 11.4. The standard InChI is InChI=1S/C27H22BrNO8/c28-27(26(29)33)22(36-25(32)19-14-8-3-9-15-19)21(35-24(31)18-12-6-2-7-13-18)20(37-27)16-34-23(30)17-10-4-1-5-11-17/h1-15,20-22H,16H2,(H2,29,33)/t20-,21-,22-,27-/m1/s1. The smallest absolute Gasteiger partial charge is 0.338 e. The van der Waals surface area contributed by atoms with Gasteiger partial charge in [0.15, 0.2) is 12.2 Å². The van der Waals surface area contributed by atoms with Gasteiger partial charge in [0.25, 0.3) is 5.91 Å². The van der Waals surface area contributed by atoms with Crippen LogP contribution < -0.4 is 5.73 Å². The number of alkyl halides is 1. The molecule has 1 aliphatic heterocycles. The van der Waals surface area contributed by atoms with Crippen molar-refractivity contribution in [2.75, 3.05) is 6.61 Å². The molecule has 0 spiro atoms. The molecule has 0 unspecified atom stereocenters. The van der Waals surface area contributed by atoms with E-state index in [-0.39, 0.29) is 16.7 Å². The number of ether oxygens (including phenoxy) is 4. The van der Waals surface area contributed by atoms with E-state index in [1.165, 1.54) is 24.3 Å².